The summed E-state index contributed by atoms with van der Waals surface area (Å²) in [5.74, 6) is -2.10. The summed E-state index contributed by atoms with van der Waals surface area (Å²) in [5, 5.41) is 23.4. The Balaban J connectivity index is 1.95. The lowest BCUT2D eigenvalue weighted by atomic mass is 10.0. The molecular weight excluding hydrogens is 473 g/mol. The molecule has 0 spiro atoms. The van der Waals surface area contributed by atoms with Crippen LogP contribution < -0.4 is 10.6 Å². The zero-order chi connectivity index (χ0) is 23.7. The molecule has 2 aromatic rings. The van der Waals surface area contributed by atoms with Crippen LogP contribution in [0.2, 0.25) is 10.0 Å². The fourth-order valence-electron chi connectivity index (χ4n) is 3.18. The maximum absolute atomic E-state index is 13.9. The number of phenols is 1. The Labute approximate surface area is 190 Å². The van der Waals surface area contributed by atoms with E-state index in [1.807, 2.05) is 6.07 Å². The number of rotatable bonds is 7. The lowest BCUT2D eigenvalue weighted by Crippen LogP contribution is -2.52. The summed E-state index contributed by atoms with van der Waals surface area (Å²) in [7, 11) is 0. The van der Waals surface area contributed by atoms with E-state index in [0.717, 1.165) is 24.3 Å². The Morgan fingerprint density at radius 3 is 2.34 bits per heavy atom. The minimum Gasteiger partial charge on any atom is -0.505 e. The second-order valence-electron chi connectivity index (χ2n) is 7.54. The van der Waals surface area contributed by atoms with Crippen LogP contribution in [0, 0.1) is 17.1 Å². The van der Waals surface area contributed by atoms with Crippen molar-refractivity contribution in [1.82, 2.24) is 10.6 Å². The molecule has 170 valence electrons. The van der Waals surface area contributed by atoms with Crippen LogP contribution in [0.25, 0.3) is 0 Å². The highest BCUT2D eigenvalue weighted by atomic mass is 35.5. The minimum absolute atomic E-state index is 0.139. The summed E-state index contributed by atoms with van der Waals surface area (Å²) in [6.45, 7) is 0. The van der Waals surface area contributed by atoms with Crippen molar-refractivity contribution < 1.29 is 27.5 Å². The Hall–Kier alpha value is -2.54. The van der Waals surface area contributed by atoms with Gasteiger partial charge >= 0.3 is 6.18 Å². The van der Waals surface area contributed by atoms with E-state index in [4.69, 9.17) is 23.2 Å². The van der Waals surface area contributed by atoms with Crippen LogP contribution in [0.3, 0.4) is 0 Å². The van der Waals surface area contributed by atoms with Crippen molar-refractivity contribution in [2.24, 2.45) is 0 Å². The molecule has 0 unspecified atom stereocenters. The normalized spacial score (nSPS) is 16.7. The third-order valence-corrected chi connectivity index (χ3v) is 5.61. The first-order chi connectivity index (χ1) is 14.9. The van der Waals surface area contributed by atoms with Gasteiger partial charge in [-0.15, -0.1) is 0 Å². The van der Waals surface area contributed by atoms with Gasteiger partial charge in [0.1, 0.15) is 17.4 Å². The van der Waals surface area contributed by atoms with E-state index < -0.39 is 46.8 Å². The standard InChI is InChI=1S/C21H17Cl2F4N3O2/c22-14-6-11(7-15(23)17(14)31)8-16(19(32)30-20(10-28)4-5-20)29-18(21(25,26)27)12-2-1-3-13(24)9-12/h1-3,6-7,9,16,18,29,31H,4-5,8H2,(H,30,32)/t16-,18-/m0/s1. The zero-order valence-corrected chi connectivity index (χ0v) is 17.8. The molecule has 2 aromatic carbocycles. The van der Waals surface area contributed by atoms with Crippen LogP contribution >= 0.6 is 23.2 Å². The van der Waals surface area contributed by atoms with Crippen molar-refractivity contribution in [2.75, 3.05) is 0 Å². The molecule has 1 aliphatic rings. The number of aromatic hydroxyl groups is 1. The summed E-state index contributed by atoms with van der Waals surface area (Å²) in [6, 6.07) is 4.60. The molecule has 1 fully saturated rings. The summed E-state index contributed by atoms with van der Waals surface area (Å²) in [5.41, 5.74) is -1.26. The summed E-state index contributed by atoms with van der Waals surface area (Å²) in [6.07, 6.45) is -4.39. The summed E-state index contributed by atoms with van der Waals surface area (Å²) in [4.78, 5) is 12.9. The van der Waals surface area contributed by atoms with Gasteiger partial charge in [-0.3, -0.25) is 10.1 Å². The molecule has 0 aliphatic heterocycles. The molecule has 32 heavy (non-hydrogen) atoms. The molecule has 5 nitrogen and oxygen atoms in total. The van der Waals surface area contributed by atoms with Gasteiger partial charge in [0.25, 0.3) is 0 Å². The number of amides is 1. The zero-order valence-electron chi connectivity index (χ0n) is 16.3. The molecule has 11 heteroatoms. The average molecular weight is 490 g/mol. The maximum Gasteiger partial charge on any atom is 0.407 e. The number of hydrogen-bond donors (Lipinski definition) is 3. The first-order valence-electron chi connectivity index (χ1n) is 9.42. The van der Waals surface area contributed by atoms with Crippen LogP contribution in [0.5, 0.6) is 5.75 Å². The van der Waals surface area contributed by atoms with E-state index in [2.05, 4.69) is 10.6 Å². The number of nitrogens with one attached hydrogen (secondary N) is 2. The minimum atomic E-state index is -4.86. The third kappa shape index (κ3) is 5.63. The van der Waals surface area contributed by atoms with Crippen molar-refractivity contribution >= 4 is 29.1 Å². The molecule has 0 bridgehead atoms. The van der Waals surface area contributed by atoms with Crippen LogP contribution in [-0.4, -0.2) is 28.8 Å². The molecule has 0 radical (unpaired) electrons. The number of nitriles is 1. The van der Waals surface area contributed by atoms with Gasteiger partial charge in [0.2, 0.25) is 5.91 Å². The molecule has 0 aromatic heterocycles. The van der Waals surface area contributed by atoms with Crippen LogP contribution in [0.15, 0.2) is 36.4 Å². The van der Waals surface area contributed by atoms with Crippen molar-refractivity contribution in [3.05, 3.63) is 63.4 Å². The summed E-state index contributed by atoms with van der Waals surface area (Å²) < 4.78 is 55.2. The predicted molar refractivity (Wildman–Crippen MR) is 110 cm³/mol. The highest BCUT2D eigenvalue weighted by Gasteiger charge is 2.47. The molecule has 0 saturated heterocycles. The quantitative estimate of drug-likeness (QED) is 0.487. The number of carbonyl (C=O) groups excluding carboxylic acids is 1. The van der Waals surface area contributed by atoms with Crippen LogP contribution in [0.4, 0.5) is 17.6 Å². The molecule has 1 aliphatic carbocycles. The topological polar surface area (TPSA) is 85.2 Å². The Bertz CT molecular complexity index is 1040. The number of carbonyl (C=O) groups is 1. The predicted octanol–water partition coefficient (Wildman–Crippen LogP) is 4.81. The third-order valence-electron chi connectivity index (χ3n) is 5.04. The lowest BCUT2D eigenvalue weighted by molar-refractivity contribution is -0.161. The molecule has 3 N–H and O–H groups in total. The van der Waals surface area contributed by atoms with Crippen LogP contribution in [0.1, 0.15) is 30.0 Å². The Kier molecular flexibility index (Phi) is 6.89. The highest BCUT2D eigenvalue weighted by Crippen LogP contribution is 2.37. The van der Waals surface area contributed by atoms with Crippen molar-refractivity contribution in [2.45, 2.75) is 43.1 Å². The lowest BCUT2D eigenvalue weighted by Gasteiger charge is -2.28. The fourth-order valence-corrected chi connectivity index (χ4v) is 3.71. The van der Waals surface area contributed by atoms with E-state index in [1.54, 1.807) is 0 Å². The van der Waals surface area contributed by atoms with Crippen molar-refractivity contribution in [3.63, 3.8) is 0 Å². The molecule has 3 rings (SSSR count). The second kappa shape index (κ2) is 9.14. The van der Waals surface area contributed by atoms with Gasteiger partial charge in [0, 0.05) is 0 Å². The van der Waals surface area contributed by atoms with Crippen LogP contribution in [-0.2, 0) is 11.2 Å². The first kappa shape index (κ1) is 24.1. The van der Waals surface area contributed by atoms with Gasteiger partial charge in [0.15, 0.2) is 5.75 Å². The summed E-state index contributed by atoms with van der Waals surface area (Å²) >= 11 is 11.8. The number of phenolic OH excluding ortho intramolecular Hbond substituents is 1. The SMILES string of the molecule is N#CC1(NC(=O)[C@H](Cc2cc(Cl)c(O)c(Cl)c2)N[C@@H](c2cccc(F)c2)C(F)(F)F)CC1. The molecular formula is C21H17Cl2F4N3O2. The van der Waals surface area contributed by atoms with E-state index in [-0.39, 0.29) is 22.0 Å². The maximum atomic E-state index is 13.9. The molecule has 2 atom stereocenters. The average Bonchev–Trinajstić information content (AvgIpc) is 3.48. The van der Waals surface area contributed by atoms with Crippen molar-refractivity contribution in [3.8, 4) is 11.8 Å². The largest absolute Gasteiger partial charge is 0.505 e. The van der Waals surface area contributed by atoms with Gasteiger partial charge in [-0.25, -0.2) is 4.39 Å². The first-order valence-corrected chi connectivity index (χ1v) is 10.2. The van der Waals surface area contributed by atoms with Gasteiger partial charge in [0.05, 0.1) is 22.2 Å². The molecule has 1 saturated carbocycles. The number of alkyl halides is 3. The Morgan fingerprint density at radius 1 is 1.22 bits per heavy atom. The van der Waals surface area contributed by atoms with Gasteiger partial charge in [-0.05, 0) is 54.7 Å². The molecule has 1 amide bonds. The number of benzene rings is 2. The van der Waals surface area contributed by atoms with E-state index >= 15 is 0 Å². The van der Waals surface area contributed by atoms with Gasteiger partial charge < -0.3 is 10.4 Å². The highest BCUT2D eigenvalue weighted by molar-refractivity contribution is 6.37. The van der Waals surface area contributed by atoms with Gasteiger partial charge in [-0.2, -0.15) is 18.4 Å². The van der Waals surface area contributed by atoms with E-state index in [1.165, 1.54) is 12.1 Å². The monoisotopic (exact) mass is 489 g/mol. The van der Waals surface area contributed by atoms with Crippen molar-refractivity contribution in [1.29, 1.82) is 5.26 Å². The van der Waals surface area contributed by atoms with Gasteiger partial charge in [-0.1, -0.05) is 35.3 Å². The van der Waals surface area contributed by atoms with E-state index in [0.29, 0.717) is 12.8 Å². The Morgan fingerprint density at radius 2 is 1.84 bits per heavy atom. The number of halogens is 6. The second-order valence-corrected chi connectivity index (χ2v) is 8.36. The number of nitrogens with zero attached hydrogens (tertiary/aromatic N) is 1. The molecule has 0 heterocycles. The fraction of sp³-hybridized carbons (Fsp3) is 0.333. The smallest absolute Gasteiger partial charge is 0.407 e. The van der Waals surface area contributed by atoms with E-state index in [9.17, 15) is 32.7 Å². The number of hydrogen-bond acceptors (Lipinski definition) is 4.